The first-order valence-corrected chi connectivity index (χ1v) is 5.98. The molecule has 0 spiro atoms. The van der Waals surface area contributed by atoms with Crippen LogP contribution in [0.4, 0.5) is 0 Å². The third-order valence-corrected chi connectivity index (χ3v) is 3.58. The highest BCUT2D eigenvalue weighted by atomic mass is 16.3. The van der Waals surface area contributed by atoms with E-state index in [1.54, 1.807) is 11.2 Å². The third-order valence-electron chi connectivity index (χ3n) is 3.58. The van der Waals surface area contributed by atoms with E-state index in [0.717, 1.165) is 18.2 Å². The van der Waals surface area contributed by atoms with Gasteiger partial charge < -0.3 is 15.1 Å². The van der Waals surface area contributed by atoms with E-state index in [0.29, 0.717) is 6.04 Å². The van der Waals surface area contributed by atoms with Crippen LogP contribution in [0.3, 0.4) is 0 Å². The normalized spacial score (nSPS) is 28.9. The van der Waals surface area contributed by atoms with Crippen LogP contribution in [0.2, 0.25) is 0 Å². The predicted molar refractivity (Wildman–Crippen MR) is 58.3 cm³/mol. The molecule has 0 bridgehead atoms. The van der Waals surface area contributed by atoms with Crippen molar-refractivity contribution in [2.45, 2.75) is 25.8 Å². The number of quaternary nitrogens is 2. The van der Waals surface area contributed by atoms with Crippen molar-refractivity contribution in [2.24, 2.45) is 5.92 Å². The van der Waals surface area contributed by atoms with Gasteiger partial charge in [0.1, 0.15) is 6.54 Å². The molecule has 1 atom stereocenters. The molecule has 2 rings (SSSR count). The van der Waals surface area contributed by atoms with Gasteiger partial charge >= 0.3 is 0 Å². The second-order valence-corrected chi connectivity index (χ2v) is 4.70. The first-order valence-electron chi connectivity index (χ1n) is 5.98. The minimum Gasteiger partial charge on any atom is -0.463 e. The van der Waals surface area contributed by atoms with Crippen LogP contribution in [-0.2, 0) is 0 Å². The number of nitrogens with one attached hydrogen (secondary N) is 1. The molecule has 0 saturated carbocycles. The standard InChI is InChI=1S/C12H20N2O/c1-10-4-6-14(7-5-10)11(9-13)12-3-2-8-15-12/h2-3,8,10-11H,4-7,9,13H2,1H3/p+2/t11-/m1/s1. The molecule has 1 aromatic heterocycles. The average Bonchev–Trinajstić information content (AvgIpc) is 2.75. The maximum atomic E-state index is 5.51. The molecule has 0 amide bonds. The Balaban J connectivity index is 2.01. The summed E-state index contributed by atoms with van der Waals surface area (Å²) in [6, 6.07) is 4.53. The SMILES string of the molecule is CC1CC[NH+]([C@H](C[NH3+])c2ccco2)CC1. The summed E-state index contributed by atoms with van der Waals surface area (Å²) < 4.78 is 5.51. The monoisotopic (exact) mass is 210 g/mol. The van der Waals surface area contributed by atoms with Crippen LogP contribution < -0.4 is 10.6 Å². The Hall–Kier alpha value is -0.800. The Labute approximate surface area is 91.2 Å². The lowest BCUT2D eigenvalue weighted by Crippen LogP contribution is -3.14. The van der Waals surface area contributed by atoms with E-state index in [4.69, 9.17) is 4.42 Å². The summed E-state index contributed by atoms with van der Waals surface area (Å²) in [6.07, 6.45) is 4.45. The second-order valence-electron chi connectivity index (χ2n) is 4.70. The molecular formula is C12H22N2O+2. The van der Waals surface area contributed by atoms with Crippen molar-refractivity contribution in [1.82, 2.24) is 0 Å². The fourth-order valence-electron chi connectivity index (χ4n) is 2.52. The van der Waals surface area contributed by atoms with Crippen molar-refractivity contribution in [2.75, 3.05) is 19.6 Å². The van der Waals surface area contributed by atoms with Crippen LogP contribution in [-0.4, -0.2) is 19.6 Å². The summed E-state index contributed by atoms with van der Waals surface area (Å²) in [5.41, 5.74) is 4.06. The van der Waals surface area contributed by atoms with Gasteiger partial charge in [0.25, 0.3) is 0 Å². The smallest absolute Gasteiger partial charge is 0.195 e. The van der Waals surface area contributed by atoms with E-state index >= 15 is 0 Å². The van der Waals surface area contributed by atoms with Crippen LogP contribution in [0, 0.1) is 5.92 Å². The number of rotatable bonds is 3. The highest BCUT2D eigenvalue weighted by molar-refractivity contribution is 5.01. The Morgan fingerprint density at radius 3 is 2.80 bits per heavy atom. The summed E-state index contributed by atoms with van der Waals surface area (Å²) in [5.74, 6) is 2.00. The highest BCUT2D eigenvalue weighted by Gasteiger charge is 2.30. The summed E-state index contributed by atoms with van der Waals surface area (Å²) in [7, 11) is 0. The molecule has 3 nitrogen and oxygen atoms in total. The zero-order valence-corrected chi connectivity index (χ0v) is 9.54. The van der Waals surface area contributed by atoms with Gasteiger partial charge in [-0.1, -0.05) is 6.92 Å². The minimum atomic E-state index is 0.465. The number of likely N-dealkylation sites (tertiary alicyclic amines) is 1. The predicted octanol–water partition coefficient (Wildman–Crippen LogP) is -0.123. The molecular weight excluding hydrogens is 188 g/mol. The van der Waals surface area contributed by atoms with Crippen molar-refractivity contribution in [3.8, 4) is 0 Å². The quantitative estimate of drug-likeness (QED) is 0.717. The molecule has 1 aromatic rings. The molecule has 84 valence electrons. The lowest BCUT2D eigenvalue weighted by Gasteiger charge is -2.31. The van der Waals surface area contributed by atoms with E-state index in [9.17, 15) is 0 Å². The number of hydrogen-bond acceptors (Lipinski definition) is 1. The van der Waals surface area contributed by atoms with Crippen LogP contribution in [0.5, 0.6) is 0 Å². The van der Waals surface area contributed by atoms with E-state index in [2.05, 4.69) is 18.7 Å². The summed E-state index contributed by atoms with van der Waals surface area (Å²) >= 11 is 0. The summed E-state index contributed by atoms with van der Waals surface area (Å²) in [4.78, 5) is 1.65. The molecule has 4 N–H and O–H groups in total. The molecule has 0 aliphatic carbocycles. The van der Waals surface area contributed by atoms with Gasteiger partial charge in [-0.3, -0.25) is 0 Å². The van der Waals surface area contributed by atoms with E-state index in [1.807, 2.05) is 6.07 Å². The third kappa shape index (κ3) is 2.41. The lowest BCUT2D eigenvalue weighted by atomic mass is 9.97. The lowest BCUT2D eigenvalue weighted by molar-refractivity contribution is -0.944. The Kier molecular flexibility index (Phi) is 3.44. The van der Waals surface area contributed by atoms with E-state index < -0.39 is 0 Å². The van der Waals surface area contributed by atoms with Gasteiger partial charge in [-0.15, -0.1) is 0 Å². The van der Waals surface area contributed by atoms with Crippen molar-refractivity contribution < 1.29 is 15.1 Å². The second kappa shape index (κ2) is 4.81. The maximum absolute atomic E-state index is 5.51. The first-order chi connectivity index (χ1) is 7.31. The van der Waals surface area contributed by atoms with Crippen molar-refractivity contribution in [3.05, 3.63) is 24.2 Å². The Morgan fingerprint density at radius 1 is 1.53 bits per heavy atom. The van der Waals surface area contributed by atoms with Gasteiger partial charge in [0.05, 0.1) is 19.4 Å². The highest BCUT2D eigenvalue weighted by Crippen LogP contribution is 2.12. The molecule has 1 fully saturated rings. The molecule has 0 unspecified atom stereocenters. The Bertz CT molecular complexity index is 276. The average molecular weight is 210 g/mol. The fourth-order valence-corrected chi connectivity index (χ4v) is 2.52. The summed E-state index contributed by atoms with van der Waals surface area (Å²) in [6.45, 7) is 5.81. The zero-order chi connectivity index (χ0) is 10.7. The minimum absolute atomic E-state index is 0.465. The van der Waals surface area contributed by atoms with Gasteiger partial charge in [0.2, 0.25) is 0 Å². The molecule has 1 aliphatic rings. The van der Waals surface area contributed by atoms with Gasteiger partial charge in [-0.05, 0) is 30.9 Å². The van der Waals surface area contributed by atoms with Crippen LogP contribution in [0.1, 0.15) is 31.6 Å². The van der Waals surface area contributed by atoms with Crippen molar-refractivity contribution >= 4 is 0 Å². The topological polar surface area (TPSA) is 45.2 Å². The van der Waals surface area contributed by atoms with E-state index in [-0.39, 0.29) is 0 Å². The molecule has 0 aromatic carbocycles. The van der Waals surface area contributed by atoms with Crippen LogP contribution >= 0.6 is 0 Å². The molecule has 15 heavy (non-hydrogen) atoms. The molecule has 1 aliphatic heterocycles. The molecule has 3 heteroatoms. The van der Waals surface area contributed by atoms with E-state index in [1.165, 1.54) is 25.9 Å². The Morgan fingerprint density at radius 2 is 2.27 bits per heavy atom. The largest absolute Gasteiger partial charge is 0.463 e. The number of piperidine rings is 1. The molecule has 0 radical (unpaired) electrons. The fraction of sp³-hybridized carbons (Fsp3) is 0.667. The summed E-state index contributed by atoms with van der Waals surface area (Å²) in [5, 5.41) is 0. The number of furan rings is 1. The molecule has 2 heterocycles. The van der Waals surface area contributed by atoms with Gasteiger partial charge in [-0.25, -0.2) is 0 Å². The maximum Gasteiger partial charge on any atom is 0.195 e. The zero-order valence-electron chi connectivity index (χ0n) is 9.54. The number of hydrogen-bond donors (Lipinski definition) is 2. The van der Waals surface area contributed by atoms with Gasteiger partial charge in [0.15, 0.2) is 11.8 Å². The van der Waals surface area contributed by atoms with Crippen molar-refractivity contribution in [1.29, 1.82) is 0 Å². The first kappa shape index (κ1) is 10.7. The van der Waals surface area contributed by atoms with Gasteiger partial charge in [0, 0.05) is 0 Å². The van der Waals surface area contributed by atoms with Crippen LogP contribution in [0.25, 0.3) is 0 Å². The molecule has 1 saturated heterocycles. The van der Waals surface area contributed by atoms with Crippen LogP contribution in [0.15, 0.2) is 22.8 Å². The van der Waals surface area contributed by atoms with Gasteiger partial charge in [-0.2, -0.15) is 0 Å². The van der Waals surface area contributed by atoms with Crippen molar-refractivity contribution in [3.63, 3.8) is 0 Å².